The molecule has 2 aromatic carbocycles. The second-order valence-corrected chi connectivity index (χ2v) is 8.82. The third kappa shape index (κ3) is 7.69. The fraction of sp³-hybridized carbons (Fsp3) is 0.440. The molecule has 2 atom stereocenters. The second kappa shape index (κ2) is 12.5. The lowest BCUT2D eigenvalue weighted by atomic mass is 10.1. The number of benzene rings is 2. The summed E-state index contributed by atoms with van der Waals surface area (Å²) in [6.07, 6.45) is 1.35. The van der Waals surface area contributed by atoms with Gasteiger partial charge in [0.05, 0.1) is 5.75 Å². The van der Waals surface area contributed by atoms with Crippen molar-refractivity contribution in [3.63, 3.8) is 0 Å². The molecule has 0 aromatic heterocycles. The first kappa shape index (κ1) is 24.9. The number of nitrogens with one attached hydrogen (secondary N) is 1. The zero-order chi connectivity index (χ0) is 22.8. The van der Waals surface area contributed by atoms with Crippen LogP contribution >= 0.6 is 11.8 Å². The highest BCUT2D eigenvalue weighted by Gasteiger charge is 2.29. The van der Waals surface area contributed by atoms with E-state index < -0.39 is 6.04 Å². The van der Waals surface area contributed by atoms with Crippen molar-refractivity contribution in [3.05, 3.63) is 71.0 Å². The average Bonchev–Trinajstić information content (AvgIpc) is 2.74. The molecule has 0 aliphatic carbocycles. The van der Waals surface area contributed by atoms with Crippen LogP contribution in [-0.2, 0) is 21.9 Å². The minimum absolute atomic E-state index is 0.0490. The Labute approximate surface area is 189 Å². The Kier molecular flexibility index (Phi) is 10.0. The molecule has 0 saturated carbocycles. The van der Waals surface area contributed by atoms with E-state index in [1.165, 1.54) is 17.8 Å². The molecule has 0 spiro atoms. The summed E-state index contributed by atoms with van der Waals surface area (Å²) in [6.45, 7) is 8.27. The summed E-state index contributed by atoms with van der Waals surface area (Å²) in [5.41, 5.74) is 2.67. The van der Waals surface area contributed by atoms with Crippen LogP contribution in [0.3, 0.4) is 0 Å². The highest BCUT2D eigenvalue weighted by Crippen LogP contribution is 2.19. The third-order valence-corrected chi connectivity index (χ3v) is 6.23. The van der Waals surface area contributed by atoms with Crippen molar-refractivity contribution < 1.29 is 14.0 Å². The molecule has 2 aromatic rings. The number of rotatable bonds is 11. The molecule has 0 bridgehead atoms. The zero-order valence-corrected chi connectivity index (χ0v) is 19.7. The third-order valence-electron chi connectivity index (χ3n) is 5.26. The molecule has 0 aliphatic rings. The molecular formula is C25H33FN2O2S. The van der Waals surface area contributed by atoms with Crippen molar-refractivity contribution in [1.29, 1.82) is 0 Å². The predicted octanol–water partition coefficient (Wildman–Crippen LogP) is 5.09. The number of hydrogen-bond donors (Lipinski definition) is 1. The summed E-state index contributed by atoms with van der Waals surface area (Å²) < 4.78 is 13.9. The molecule has 0 unspecified atom stereocenters. The predicted molar refractivity (Wildman–Crippen MR) is 126 cm³/mol. The van der Waals surface area contributed by atoms with Gasteiger partial charge >= 0.3 is 0 Å². The van der Waals surface area contributed by atoms with Crippen LogP contribution in [0, 0.1) is 12.7 Å². The van der Waals surface area contributed by atoms with E-state index in [1.54, 1.807) is 23.1 Å². The molecule has 0 saturated heterocycles. The summed E-state index contributed by atoms with van der Waals surface area (Å²) in [5, 5.41) is 3.01. The van der Waals surface area contributed by atoms with E-state index in [0.29, 0.717) is 24.3 Å². The van der Waals surface area contributed by atoms with Crippen molar-refractivity contribution in [2.75, 3.05) is 5.75 Å². The van der Waals surface area contributed by atoms with Crippen LogP contribution < -0.4 is 5.32 Å². The number of amides is 2. The summed E-state index contributed by atoms with van der Waals surface area (Å²) >= 11 is 1.37. The van der Waals surface area contributed by atoms with Gasteiger partial charge in [-0.25, -0.2) is 4.39 Å². The Morgan fingerprint density at radius 3 is 2.48 bits per heavy atom. The summed E-state index contributed by atoms with van der Waals surface area (Å²) in [4.78, 5) is 27.8. The second-order valence-electron chi connectivity index (χ2n) is 7.84. The van der Waals surface area contributed by atoms with Gasteiger partial charge in [0, 0.05) is 18.3 Å². The molecule has 2 rings (SSSR count). The SMILES string of the molecule is CC[C@@H](C)NC(=O)[C@H](CC)N(Cc1cccc(C)c1)C(=O)CSCc1ccccc1F. The topological polar surface area (TPSA) is 49.4 Å². The molecule has 4 nitrogen and oxygen atoms in total. The summed E-state index contributed by atoms with van der Waals surface area (Å²) in [5.74, 6) is 0.0872. The molecular weight excluding hydrogens is 411 g/mol. The Hall–Kier alpha value is -2.34. The Morgan fingerprint density at radius 2 is 1.84 bits per heavy atom. The van der Waals surface area contributed by atoms with Gasteiger partial charge in [-0.3, -0.25) is 9.59 Å². The van der Waals surface area contributed by atoms with E-state index >= 15 is 0 Å². The number of aryl methyl sites for hydroxylation is 1. The standard InChI is InChI=1S/C25H33FN2O2S/c1-5-19(4)27-25(30)23(6-2)28(15-20-11-9-10-18(3)14-20)24(29)17-31-16-21-12-7-8-13-22(21)26/h7-14,19,23H,5-6,15-17H2,1-4H3,(H,27,30)/t19-,23+/m1/s1. The highest BCUT2D eigenvalue weighted by atomic mass is 32.2. The number of hydrogen-bond acceptors (Lipinski definition) is 3. The van der Waals surface area contributed by atoms with Gasteiger partial charge in [-0.2, -0.15) is 0 Å². The van der Waals surface area contributed by atoms with E-state index in [2.05, 4.69) is 5.32 Å². The van der Waals surface area contributed by atoms with E-state index in [0.717, 1.165) is 17.5 Å². The minimum atomic E-state index is -0.545. The molecule has 6 heteroatoms. The monoisotopic (exact) mass is 444 g/mol. The molecule has 2 amide bonds. The number of thioether (sulfide) groups is 1. The Morgan fingerprint density at radius 1 is 1.10 bits per heavy atom. The fourth-order valence-corrected chi connectivity index (χ4v) is 4.21. The van der Waals surface area contributed by atoms with Crippen LogP contribution in [0.4, 0.5) is 4.39 Å². The van der Waals surface area contributed by atoms with E-state index in [4.69, 9.17) is 0 Å². The largest absolute Gasteiger partial charge is 0.352 e. The Balaban J connectivity index is 2.15. The van der Waals surface area contributed by atoms with Crippen molar-refractivity contribution in [1.82, 2.24) is 10.2 Å². The molecule has 0 heterocycles. The molecule has 0 radical (unpaired) electrons. The zero-order valence-electron chi connectivity index (χ0n) is 18.9. The van der Waals surface area contributed by atoms with Crippen molar-refractivity contribution in [2.24, 2.45) is 0 Å². The normalized spacial score (nSPS) is 12.8. The average molecular weight is 445 g/mol. The van der Waals surface area contributed by atoms with Gasteiger partial charge in [0.25, 0.3) is 0 Å². The summed E-state index contributed by atoms with van der Waals surface area (Å²) in [6, 6.07) is 14.1. The van der Waals surface area contributed by atoms with Crippen molar-refractivity contribution in [2.45, 2.75) is 64.9 Å². The Bertz CT molecular complexity index is 874. The number of nitrogens with zero attached hydrogens (tertiary/aromatic N) is 1. The first-order valence-electron chi connectivity index (χ1n) is 10.8. The van der Waals surface area contributed by atoms with Crippen LogP contribution in [0.15, 0.2) is 48.5 Å². The number of halogens is 1. The van der Waals surface area contributed by atoms with Crippen LogP contribution in [0.25, 0.3) is 0 Å². The van der Waals surface area contributed by atoms with Crippen LogP contribution in [0.5, 0.6) is 0 Å². The van der Waals surface area contributed by atoms with Gasteiger partial charge in [-0.05, 0) is 43.9 Å². The highest BCUT2D eigenvalue weighted by molar-refractivity contribution is 7.99. The van der Waals surface area contributed by atoms with Crippen LogP contribution in [-0.4, -0.2) is 34.6 Å². The van der Waals surface area contributed by atoms with Gasteiger partial charge in [0.2, 0.25) is 11.8 Å². The maximum atomic E-state index is 13.9. The van der Waals surface area contributed by atoms with E-state index in [9.17, 15) is 14.0 Å². The lowest BCUT2D eigenvalue weighted by molar-refractivity contribution is -0.139. The molecule has 0 fully saturated rings. The van der Waals surface area contributed by atoms with Gasteiger partial charge in [0.15, 0.2) is 0 Å². The summed E-state index contributed by atoms with van der Waals surface area (Å²) in [7, 11) is 0. The smallest absolute Gasteiger partial charge is 0.243 e. The van der Waals surface area contributed by atoms with E-state index in [1.807, 2.05) is 52.0 Å². The number of carbonyl (C=O) groups excluding carboxylic acids is 2. The number of carbonyl (C=O) groups is 2. The first-order chi connectivity index (χ1) is 14.8. The molecule has 0 aliphatic heterocycles. The van der Waals surface area contributed by atoms with Crippen LogP contribution in [0.1, 0.15) is 50.3 Å². The van der Waals surface area contributed by atoms with Gasteiger partial charge in [0.1, 0.15) is 11.9 Å². The minimum Gasteiger partial charge on any atom is -0.352 e. The van der Waals surface area contributed by atoms with Crippen molar-refractivity contribution >= 4 is 23.6 Å². The molecule has 168 valence electrons. The van der Waals surface area contributed by atoms with Gasteiger partial charge in [-0.15, -0.1) is 11.8 Å². The van der Waals surface area contributed by atoms with Gasteiger partial charge < -0.3 is 10.2 Å². The van der Waals surface area contributed by atoms with Crippen LogP contribution in [0.2, 0.25) is 0 Å². The lowest BCUT2D eigenvalue weighted by Crippen LogP contribution is -2.51. The van der Waals surface area contributed by atoms with E-state index in [-0.39, 0.29) is 29.4 Å². The lowest BCUT2D eigenvalue weighted by Gasteiger charge is -2.31. The molecule has 1 N–H and O–H groups in total. The maximum absolute atomic E-state index is 13.9. The molecule has 31 heavy (non-hydrogen) atoms. The fourth-order valence-electron chi connectivity index (χ4n) is 3.31. The van der Waals surface area contributed by atoms with Crippen molar-refractivity contribution in [3.8, 4) is 0 Å². The maximum Gasteiger partial charge on any atom is 0.243 e. The van der Waals surface area contributed by atoms with Gasteiger partial charge in [-0.1, -0.05) is 61.9 Å². The first-order valence-corrected chi connectivity index (χ1v) is 12.0. The quantitative estimate of drug-likeness (QED) is 0.525.